The number of nitrogens with zero attached hydrogens (tertiary/aromatic N) is 2. The molecule has 1 amide bonds. The van der Waals surface area contributed by atoms with Crippen molar-refractivity contribution in [3.8, 4) is 0 Å². The molecule has 0 spiro atoms. The second kappa shape index (κ2) is 6.65. The lowest BCUT2D eigenvalue weighted by molar-refractivity contribution is -0.384. The average Bonchev–Trinajstić information content (AvgIpc) is 2.39. The lowest BCUT2D eigenvalue weighted by Crippen LogP contribution is -2.42. The van der Waals surface area contributed by atoms with Crippen molar-refractivity contribution in [2.24, 2.45) is 0 Å². The molecule has 108 valence electrons. The summed E-state index contributed by atoms with van der Waals surface area (Å²) in [5.74, 6) is -1.39. The summed E-state index contributed by atoms with van der Waals surface area (Å²) in [5.41, 5.74) is 0.555. The molecule has 1 unspecified atom stereocenters. The van der Waals surface area contributed by atoms with Gasteiger partial charge in [-0.15, -0.1) is 0 Å². The van der Waals surface area contributed by atoms with Crippen LogP contribution in [0.2, 0.25) is 0 Å². The predicted octanol–water partition coefficient (Wildman–Crippen LogP) is 1.46. The standard InChI is InChI=1S/C13H16N2O5/c1-3-11(13(17)18)14(2)12(16)8-9-4-6-10(7-5-9)15(19)20/h4-7,11H,3,8H2,1-2H3,(H,17,18). The first kappa shape index (κ1) is 15.6. The summed E-state index contributed by atoms with van der Waals surface area (Å²) < 4.78 is 0. The zero-order valence-electron chi connectivity index (χ0n) is 11.3. The molecular weight excluding hydrogens is 264 g/mol. The topological polar surface area (TPSA) is 101 Å². The van der Waals surface area contributed by atoms with Crippen molar-refractivity contribution in [3.05, 3.63) is 39.9 Å². The maximum atomic E-state index is 12.0. The van der Waals surface area contributed by atoms with Gasteiger partial charge in [0.05, 0.1) is 11.3 Å². The van der Waals surface area contributed by atoms with Crippen LogP contribution in [0.5, 0.6) is 0 Å². The molecule has 7 nitrogen and oxygen atoms in total. The first-order valence-corrected chi connectivity index (χ1v) is 6.08. The smallest absolute Gasteiger partial charge is 0.326 e. The summed E-state index contributed by atoms with van der Waals surface area (Å²) in [5, 5.41) is 19.5. The number of carboxylic acids is 1. The van der Waals surface area contributed by atoms with Gasteiger partial charge in [0.25, 0.3) is 5.69 Å². The van der Waals surface area contributed by atoms with Gasteiger partial charge in [0.15, 0.2) is 0 Å². The van der Waals surface area contributed by atoms with E-state index in [1.807, 2.05) is 0 Å². The van der Waals surface area contributed by atoms with Crippen molar-refractivity contribution < 1.29 is 19.6 Å². The quantitative estimate of drug-likeness (QED) is 0.628. The van der Waals surface area contributed by atoms with E-state index >= 15 is 0 Å². The van der Waals surface area contributed by atoms with Crippen LogP contribution in [0.15, 0.2) is 24.3 Å². The Morgan fingerprint density at radius 2 is 1.90 bits per heavy atom. The van der Waals surface area contributed by atoms with Crippen LogP contribution in [0, 0.1) is 10.1 Å². The van der Waals surface area contributed by atoms with Crippen LogP contribution < -0.4 is 0 Å². The normalized spacial score (nSPS) is 11.7. The molecule has 7 heteroatoms. The highest BCUT2D eigenvalue weighted by Crippen LogP contribution is 2.13. The fourth-order valence-electron chi connectivity index (χ4n) is 1.82. The highest BCUT2D eigenvalue weighted by molar-refractivity contribution is 5.84. The van der Waals surface area contributed by atoms with Crippen LogP contribution in [0.25, 0.3) is 0 Å². The van der Waals surface area contributed by atoms with E-state index in [1.54, 1.807) is 6.92 Å². The molecule has 0 heterocycles. The number of rotatable bonds is 6. The van der Waals surface area contributed by atoms with E-state index in [4.69, 9.17) is 5.11 Å². The molecule has 1 rings (SSSR count). The van der Waals surface area contributed by atoms with Crippen molar-refractivity contribution in [1.29, 1.82) is 0 Å². The Labute approximate surface area is 116 Å². The third-order valence-electron chi connectivity index (χ3n) is 3.04. The first-order chi connectivity index (χ1) is 9.36. The van der Waals surface area contributed by atoms with Crippen LogP contribution in [-0.4, -0.2) is 39.9 Å². The summed E-state index contributed by atoms with van der Waals surface area (Å²) in [6, 6.07) is 4.76. The third-order valence-corrected chi connectivity index (χ3v) is 3.04. The number of hydrogen-bond donors (Lipinski definition) is 1. The Kier molecular flexibility index (Phi) is 5.19. The SMILES string of the molecule is CCC(C(=O)O)N(C)C(=O)Cc1ccc([N+](=O)[O-])cc1. The van der Waals surface area contributed by atoms with Crippen LogP contribution >= 0.6 is 0 Å². The van der Waals surface area contributed by atoms with E-state index in [0.717, 1.165) is 0 Å². The van der Waals surface area contributed by atoms with E-state index in [2.05, 4.69) is 0 Å². The summed E-state index contributed by atoms with van der Waals surface area (Å²) in [6.07, 6.45) is 0.329. The van der Waals surface area contributed by atoms with Gasteiger partial charge >= 0.3 is 5.97 Å². The van der Waals surface area contributed by atoms with Crippen molar-refractivity contribution in [2.45, 2.75) is 25.8 Å². The van der Waals surface area contributed by atoms with Crippen molar-refractivity contribution in [1.82, 2.24) is 4.90 Å². The molecule has 1 N–H and O–H groups in total. The van der Waals surface area contributed by atoms with Gasteiger partial charge in [-0.3, -0.25) is 14.9 Å². The summed E-state index contributed by atoms with van der Waals surface area (Å²) in [4.78, 5) is 34.1. The van der Waals surface area contributed by atoms with Gasteiger partial charge in [-0.1, -0.05) is 19.1 Å². The van der Waals surface area contributed by atoms with Crippen LogP contribution in [0.4, 0.5) is 5.69 Å². The third kappa shape index (κ3) is 3.78. The molecule has 0 saturated carbocycles. The van der Waals surface area contributed by atoms with Crippen LogP contribution in [-0.2, 0) is 16.0 Å². The number of carbonyl (C=O) groups is 2. The van der Waals surface area contributed by atoms with Gasteiger partial charge < -0.3 is 10.0 Å². The number of likely N-dealkylation sites (N-methyl/N-ethyl adjacent to an activating group) is 1. The fraction of sp³-hybridized carbons (Fsp3) is 0.385. The molecule has 0 aliphatic carbocycles. The largest absolute Gasteiger partial charge is 0.480 e. The molecule has 1 aromatic carbocycles. The lowest BCUT2D eigenvalue weighted by Gasteiger charge is -2.23. The average molecular weight is 280 g/mol. The molecular formula is C13H16N2O5. The van der Waals surface area contributed by atoms with E-state index in [9.17, 15) is 19.7 Å². The fourth-order valence-corrected chi connectivity index (χ4v) is 1.82. The molecule has 0 fully saturated rings. The maximum Gasteiger partial charge on any atom is 0.326 e. The second-order valence-corrected chi connectivity index (χ2v) is 4.37. The summed E-state index contributed by atoms with van der Waals surface area (Å²) in [6.45, 7) is 1.69. The number of nitro groups is 1. The summed E-state index contributed by atoms with van der Waals surface area (Å²) in [7, 11) is 1.44. The van der Waals surface area contributed by atoms with Gasteiger partial charge in [-0.05, 0) is 12.0 Å². The number of nitro benzene ring substituents is 1. The first-order valence-electron chi connectivity index (χ1n) is 6.08. The van der Waals surface area contributed by atoms with E-state index < -0.39 is 16.9 Å². The molecule has 1 atom stereocenters. The molecule has 0 radical (unpaired) electrons. The van der Waals surface area contributed by atoms with Crippen LogP contribution in [0.3, 0.4) is 0 Å². The number of benzene rings is 1. The number of amides is 1. The number of carbonyl (C=O) groups excluding carboxylic acids is 1. The Balaban J connectivity index is 2.74. The highest BCUT2D eigenvalue weighted by Gasteiger charge is 2.24. The number of hydrogen-bond acceptors (Lipinski definition) is 4. The number of non-ortho nitro benzene ring substituents is 1. The van der Waals surface area contributed by atoms with Crippen molar-refractivity contribution in [3.63, 3.8) is 0 Å². The Morgan fingerprint density at radius 1 is 1.35 bits per heavy atom. The second-order valence-electron chi connectivity index (χ2n) is 4.37. The van der Waals surface area contributed by atoms with Gasteiger partial charge in [-0.2, -0.15) is 0 Å². The van der Waals surface area contributed by atoms with Gasteiger partial charge in [0.2, 0.25) is 5.91 Å². The number of carboxylic acid groups (broad SMARTS) is 1. The summed E-state index contributed by atoms with van der Waals surface area (Å²) >= 11 is 0. The van der Waals surface area contributed by atoms with E-state index in [1.165, 1.54) is 36.2 Å². The zero-order chi connectivity index (χ0) is 15.3. The Morgan fingerprint density at radius 3 is 2.30 bits per heavy atom. The minimum atomic E-state index is -1.05. The number of aliphatic carboxylic acids is 1. The minimum absolute atomic E-state index is 0.0122. The van der Waals surface area contributed by atoms with E-state index in [-0.39, 0.29) is 18.0 Å². The molecule has 0 aromatic heterocycles. The molecule has 20 heavy (non-hydrogen) atoms. The van der Waals surface area contributed by atoms with Gasteiger partial charge in [0.1, 0.15) is 6.04 Å². The zero-order valence-corrected chi connectivity index (χ0v) is 11.3. The van der Waals surface area contributed by atoms with Crippen molar-refractivity contribution in [2.75, 3.05) is 7.05 Å². The Hall–Kier alpha value is -2.44. The van der Waals surface area contributed by atoms with Crippen molar-refractivity contribution >= 4 is 17.6 Å². The monoisotopic (exact) mass is 280 g/mol. The minimum Gasteiger partial charge on any atom is -0.480 e. The molecule has 0 aliphatic rings. The van der Waals surface area contributed by atoms with Gasteiger partial charge in [0, 0.05) is 19.2 Å². The van der Waals surface area contributed by atoms with Crippen LogP contribution in [0.1, 0.15) is 18.9 Å². The molecule has 1 aromatic rings. The molecule has 0 saturated heterocycles. The maximum absolute atomic E-state index is 12.0. The predicted molar refractivity (Wildman–Crippen MR) is 71.3 cm³/mol. The molecule has 0 aliphatic heterocycles. The van der Waals surface area contributed by atoms with Gasteiger partial charge in [-0.25, -0.2) is 4.79 Å². The Bertz CT molecular complexity index is 512. The molecule has 0 bridgehead atoms. The highest BCUT2D eigenvalue weighted by atomic mass is 16.6. The lowest BCUT2D eigenvalue weighted by atomic mass is 10.1. The van der Waals surface area contributed by atoms with E-state index in [0.29, 0.717) is 12.0 Å².